The lowest BCUT2D eigenvalue weighted by Gasteiger charge is -2.13. The lowest BCUT2D eigenvalue weighted by atomic mass is 10.1. The molecule has 2 aromatic heterocycles. The molecular formula is C17H19N5. The lowest BCUT2D eigenvalue weighted by molar-refractivity contribution is 0.602. The first kappa shape index (κ1) is 13.2. The number of hydrogen-bond acceptors (Lipinski definition) is 4. The number of rotatable bonds is 3. The van der Waals surface area contributed by atoms with Crippen molar-refractivity contribution < 1.29 is 0 Å². The molecule has 5 heteroatoms. The highest BCUT2D eigenvalue weighted by atomic mass is 15.4. The van der Waals surface area contributed by atoms with Crippen LogP contribution in [0.15, 0.2) is 42.5 Å². The Morgan fingerprint density at radius 2 is 1.91 bits per heavy atom. The molecule has 0 saturated heterocycles. The van der Waals surface area contributed by atoms with Crippen molar-refractivity contribution >= 4 is 11.5 Å². The molecule has 1 aliphatic rings. The van der Waals surface area contributed by atoms with E-state index in [9.17, 15) is 0 Å². The number of benzene rings is 1. The van der Waals surface area contributed by atoms with Gasteiger partial charge < -0.3 is 5.32 Å². The number of aromatic nitrogens is 4. The standard InChI is InChI=1S/C17H19N5/c1-12-7-8-14(11-12)18-15-9-10-16-19-20-17(22(16)21-15)13-5-3-2-4-6-13/h2-6,9-10,12,14H,7-8,11H2,1H3,(H,18,21). The summed E-state index contributed by atoms with van der Waals surface area (Å²) in [6, 6.07) is 14.5. The second-order valence-electron chi connectivity index (χ2n) is 6.14. The first-order chi connectivity index (χ1) is 10.8. The molecule has 0 radical (unpaired) electrons. The van der Waals surface area contributed by atoms with E-state index < -0.39 is 0 Å². The van der Waals surface area contributed by atoms with E-state index in [0.717, 1.165) is 28.8 Å². The monoisotopic (exact) mass is 293 g/mol. The van der Waals surface area contributed by atoms with Crippen LogP contribution >= 0.6 is 0 Å². The lowest BCUT2D eigenvalue weighted by Crippen LogP contribution is -2.17. The molecule has 4 rings (SSSR count). The number of nitrogens with zero attached hydrogens (tertiary/aromatic N) is 4. The normalized spacial score (nSPS) is 21.3. The predicted molar refractivity (Wildman–Crippen MR) is 86.6 cm³/mol. The van der Waals surface area contributed by atoms with Crippen molar-refractivity contribution in [1.29, 1.82) is 0 Å². The van der Waals surface area contributed by atoms with E-state index in [1.165, 1.54) is 19.3 Å². The van der Waals surface area contributed by atoms with Crippen LogP contribution in [0.2, 0.25) is 0 Å². The van der Waals surface area contributed by atoms with Crippen molar-refractivity contribution in [3.63, 3.8) is 0 Å². The van der Waals surface area contributed by atoms with Crippen molar-refractivity contribution in [2.45, 2.75) is 32.2 Å². The van der Waals surface area contributed by atoms with Crippen molar-refractivity contribution in [2.75, 3.05) is 5.32 Å². The average molecular weight is 293 g/mol. The molecule has 3 aromatic rings. The van der Waals surface area contributed by atoms with Gasteiger partial charge in [0.05, 0.1) is 0 Å². The van der Waals surface area contributed by atoms with Crippen molar-refractivity contribution in [3.05, 3.63) is 42.5 Å². The number of hydrogen-bond donors (Lipinski definition) is 1. The summed E-state index contributed by atoms with van der Waals surface area (Å²) in [6.45, 7) is 2.31. The van der Waals surface area contributed by atoms with E-state index in [4.69, 9.17) is 0 Å². The highest BCUT2D eigenvalue weighted by molar-refractivity contribution is 5.59. The highest BCUT2D eigenvalue weighted by Crippen LogP contribution is 2.27. The molecule has 0 aliphatic heterocycles. The predicted octanol–water partition coefficient (Wildman–Crippen LogP) is 3.39. The van der Waals surface area contributed by atoms with Gasteiger partial charge in [-0.1, -0.05) is 37.3 Å². The largest absolute Gasteiger partial charge is 0.366 e. The van der Waals surface area contributed by atoms with Crippen LogP contribution < -0.4 is 5.32 Å². The zero-order valence-electron chi connectivity index (χ0n) is 12.6. The minimum absolute atomic E-state index is 0.525. The first-order valence-electron chi connectivity index (χ1n) is 7.84. The molecule has 2 heterocycles. The van der Waals surface area contributed by atoms with Gasteiger partial charge in [-0.25, -0.2) is 0 Å². The van der Waals surface area contributed by atoms with Crippen LogP contribution in [-0.2, 0) is 0 Å². The number of anilines is 1. The summed E-state index contributed by atoms with van der Waals surface area (Å²) in [4.78, 5) is 0. The molecule has 0 spiro atoms. The van der Waals surface area contributed by atoms with E-state index in [1.807, 2.05) is 47.0 Å². The molecule has 1 aliphatic carbocycles. The van der Waals surface area contributed by atoms with Gasteiger partial charge in [0.1, 0.15) is 5.82 Å². The van der Waals surface area contributed by atoms with Crippen LogP contribution in [-0.4, -0.2) is 25.9 Å². The Bertz CT molecular complexity index is 780. The third kappa shape index (κ3) is 2.43. The Kier molecular flexibility index (Phi) is 3.25. The molecule has 5 nitrogen and oxygen atoms in total. The number of fused-ring (bicyclic) bond motifs is 1. The summed E-state index contributed by atoms with van der Waals surface area (Å²) < 4.78 is 1.82. The molecule has 2 unspecified atom stereocenters. The summed E-state index contributed by atoms with van der Waals surface area (Å²) in [5.74, 6) is 2.47. The topological polar surface area (TPSA) is 55.1 Å². The smallest absolute Gasteiger partial charge is 0.185 e. The Balaban J connectivity index is 1.67. The van der Waals surface area contributed by atoms with Crippen molar-refractivity contribution in [1.82, 2.24) is 19.8 Å². The second-order valence-corrected chi connectivity index (χ2v) is 6.14. The molecule has 1 saturated carbocycles. The first-order valence-corrected chi connectivity index (χ1v) is 7.84. The van der Waals surface area contributed by atoms with Crippen LogP contribution in [0.4, 0.5) is 5.82 Å². The fraction of sp³-hybridized carbons (Fsp3) is 0.353. The average Bonchev–Trinajstić information content (AvgIpc) is 3.14. The summed E-state index contributed by atoms with van der Waals surface area (Å²) in [5.41, 5.74) is 1.79. The van der Waals surface area contributed by atoms with Gasteiger partial charge in [0.2, 0.25) is 0 Å². The van der Waals surface area contributed by atoms with Gasteiger partial charge in [0.15, 0.2) is 11.5 Å². The van der Waals surface area contributed by atoms with Gasteiger partial charge in [-0.2, -0.15) is 4.52 Å². The maximum absolute atomic E-state index is 4.68. The molecule has 1 N–H and O–H groups in total. The summed E-state index contributed by atoms with van der Waals surface area (Å²) in [6.07, 6.45) is 3.73. The quantitative estimate of drug-likeness (QED) is 0.804. The Hall–Kier alpha value is -2.43. The van der Waals surface area contributed by atoms with E-state index in [0.29, 0.717) is 6.04 Å². The van der Waals surface area contributed by atoms with Crippen LogP contribution in [0.5, 0.6) is 0 Å². The molecule has 22 heavy (non-hydrogen) atoms. The minimum atomic E-state index is 0.525. The molecule has 1 aromatic carbocycles. The molecule has 2 atom stereocenters. The fourth-order valence-electron chi connectivity index (χ4n) is 3.18. The van der Waals surface area contributed by atoms with E-state index in [2.05, 4.69) is 27.5 Å². The van der Waals surface area contributed by atoms with E-state index in [1.54, 1.807) is 0 Å². The van der Waals surface area contributed by atoms with Gasteiger partial charge in [0.25, 0.3) is 0 Å². The summed E-state index contributed by atoms with van der Waals surface area (Å²) >= 11 is 0. The molecule has 1 fully saturated rings. The third-order valence-corrected chi connectivity index (χ3v) is 4.34. The highest BCUT2D eigenvalue weighted by Gasteiger charge is 2.21. The summed E-state index contributed by atoms with van der Waals surface area (Å²) in [5, 5.41) is 16.7. The summed E-state index contributed by atoms with van der Waals surface area (Å²) in [7, 11) is 0. The SMILES string of the molecule is CC1CCC(Nc2ccc3nnc(-c4ccccc4)n3n2)C1. The van der Waals surface area contributed by atoms with Gasteiger partial charge in [0, 0.05) is 11.6 Å². The minimum Gasteiger partial charge on any atom is -0.366 e. The zero-order chi connectivity index (χ0) is 14.9. The third-order valence-electron chi connectivity index (χ3n) is 4.34. The zero-order valence-corrected chi connectivity index (χ0v) is 12.6. The van der Waals surface area contributed by atoms with Crippen molar-refractivity contribution in [3.8, 4) is 11.4 Å². The maximum Gasteiger partial charge on any atom is 0.185 e. The van der Waals surface area contributed by atoms with E-state index in [-0.39, 0.29) is 0 Å². The van der Waals surface area contributed by atoms with Crippen LogP contribution in [0.3, 0.4) is 0 Å². The number of nitrogens with one attached hydrogen (secondary N) is 1. The van der Waals surface area contributed by atoms with Crippen LogP contribution in [0.25, 0.3) is 17.0 Å². The molecule has 0 amide bonds. The van der Waals surface area contributed by atoms with Gasteiger partial charge >= 0.3 is 0 Å². The fourth-order valence-corrected chi connectivity index (χ4v) is 3.18. The maximum atomic E-state index is 4.68. The second kappa shape index (κ2) is 5.40. The molecule has 0 bridgehead atoms. The Labute approximate surface area is 129 Å². The van der Waals surface area contributed by atoms with Gasteiger partial charge in [-0.05, 0) is 37.3 Å². The van der Waals surface area contributed by atoms with Gasteiger partial charge in [-0.3, -0.25) is 0 Å². The molecular weight excluding hydrogens is 274 g/mol. The van der Waals surface area contributed by atoms with Crippen LogP contribution in [0.1, 0.15) is 26.2 Å². The molecule has 112 valence electrons. The van der Waals surface area contributed by atoms with Crippen molar-refractivity contribution in [2.24, 2.45) is 5.92 Å². The Morgan fingerprint density at radius 1 is 1.05 bits per heavy atom. The van der Waals surface area contributed by atoms with E-state index >= 15 is 0 Å². The van der Waals surface area contributed by atoms with Gasteiger partial charge in [-0.15, -0.1) is 15.3 Å². The van der Waals surface area contributed by atoms with Crippen LogP contribution in [0, 0.1) is 5.92 Å². The Morgan fingerprint density at radius 3 is 2.68 bits per heavy atom.